The molecule has 1 aromatic rings. The number of H-pyrrole nitrogens is 1. The Bertz CT molecular complexity index is 61.4. The van der Waals surface area contributed by atoms with Crippen LogP contribution in [0.5, 0.6) is 0 Å². The second-order valence-corrected chi connectivity index (χ2v) is 0.766. The summed E-state index contributed by atoms with van der Waals surface area (Å²) in [4.78, 5) is 0. The van der Waals surface area contributed by atoms with Crippen LogP contribution in [0.4, 0.5) is 0 Å². The topological polar surface area (TPSA) is 28.7 Å². The summed E-state index contributed by atoms with van der Waals surface area (Å²) < 4.78 is 0. The zero-order valence-electron chi connectivity index (χ0n) is 2.68. The Morgan fingerprint density at radius 2 is 2.60 bits per heavy atom. The molecule has 0 saturated heterocycles. The second-order valence-electron chi connectivity index (χ2n) is 0.766. The number of aromatic amines is 1. The molecule has 0 fully saturated rings. The summed E-state index contributed by atoms with van der Waals surface area (Å²) in [6, 6.07) is 1.83. The lowest BCUT2D eigenvalue weighted by Gasteiger charge is -1.49. The van der Waals surface area contributed by atoms with Crippen molar-refractivity contribution in [3.63, 3.8) is 0 Å². The minimum atomic E-state index is 1.69. The van der Waals surface area contributed by atoms with Crippen molar-refractivity contribution in [1.29, 1.82) is 0 Å². The van der Waals surface area contributed by atoms with Gasteiger partial charge in [0.1, 0.15) is 0 Å². The number of hydrogen-bond acceptors (Lipinski definition) is 1. The highest BCUT2D eigenvalue weighted by Crippen LogP contribution is 1.64. The van der Waals surface area contributed by atoms with E-state index in [1.165, 1.54) is 0 Å². The molecular formula is C3H4N2. The molecule has 1 aromatic heterocycles. The van der Waals surface area contributed by atoms with Crippen molar-refractivity contribution in [3.05, 3.63) is 18.5 Å². The molecule has 0 saturated carbocycles. The lowest BCUT2D eigenvalue weighted by atomic mass is 11.2. The maximum absolute atomic E-state index is 3.60. The normalized spacial score (nSPS) is 8.00. The molecule has 0 radical (unpaired) electrons. The summed E-state index contributed by atoms with van der Waals surface area (Å²) in [5.41, 5.74) is 0. The van der Waals surface area contributed by atoms with Crippen LogP contribution >= 0.6 is 0 Å². The van der Waals surface area contributed by atoms with Crippen molar-refractivity contribution in [2.75, 3.05) is 0 Å². The van der Waals surface area contributed by atoms with Gasteiger partial charge in [-0.3, -0.25) is 5.10 Å². The zero-order chi connectivity index (χ0) is 3.54. The molecule has 0 atom stereocenters. The van der Waals surface area contributed by atoms with Gasteiger partial charge >= 0.3 is 0 Å². The molecular weight excluding hydrogens is 66.0 g/mol. The van der Waals surface area contributed by atoms with Crippen LogP contribution in [-0.4, -0.2) is 10.2 Å². The second kappa shape index (κ2) is 0.885. The molecule has 0 aromatic carbocycles. The molecule has 5 heavy (non-hydrogen) atoms. The van der Waals surface area contributed by atoms with E-state index in [9.17, 15) is 0 Å². The maximum Gasteiger partial charge on any atom is 0.0487 e. The van der Waals surface area contributed by atoms with E-state index in [0.717, 1.165) is 0 Å². The zero-order valence-corrected chi connectivity index (χ0v) is 2.68. The van der Waals surface area contributed by atoms with Gasteiger partial charge in [0.15, 0.2) is 0 Å². The van der Waals surface area contributed by atoms with Crippen LogP contribution in [0.15, 0.2) is 18.5 Å². The molecule has 0 unspecified atom stereocenters. The van der Waals surface area contributed by atoms with Crippen LogP contribution in [0.3, 0.4) is 0 Å². The smallest absolute Gasteiger partial charge is 0.0487 e. The van der Waals surface area contributed by atoms with E-state index < -0.39 is 0 Å². The van der Waals surface area contributed by atoms with E-state index in [0.29, 0.717) is 0 Å². The maximum atomic E-state index is 3.60. The van der Waals surface area contributed by atoms with Crippen LogP contribution in [-0.2, 0) is 0 Å². The van der Waals surface area contributed by atoms with Crippen LogP contribution in [0.25, 0.3) is 0 Å². The van der Waals surface area contributed by atoms with Crippen LogP contribution in [0.2, 0.25) is 0 Å². The highest BCUT2D eigenvalue weighted by Gasteiger charge is 1.56. The molecule has 0 aliphatic carbocycles. The fraction of sp³-hybridized carbons (Fsp3) is 0. The molecule has 0 aliphatic heterocycles. The quantitative estimate of drug-likeness (QED) is 0.470. The summed E-state index contributed by atoms with van der Waals surface area (Å²) in [6.45, 7) is 0. The van der Waals surface area contributed by atoms with Crippen molar-refractivity contribution in [2.24, 2.45) is 0 Å². The standard InChI is InChI=1S/C3H4N2/c1-2-4-5-3-1/h1-3H,(H,4,5)/i2+1,3+1. The Kier molecular flexibility index (Phi) is 0.433. The first-order valence-electron chi connectivity index (χ1n) is 1.44. The van der Waals surface area contributed by atoms with Gasteiger partial charge in [0.05, 0.1) is 0 Å². The molecule has 0 spiro atoms. The largest absolute Gasteiger partial charge is 0.286 e. The Hall–Kier alpha value is -0.790. The number of nitrogens with one attached hydrogen (secondary N) is 1. The molecule has 1 N–H and O–H groups in total. The van der Waals surface area contributed by atoms with Gasteiger partial charge < -0.3 is 0 Å². The van der Waals surface area contributed by atoms with Crippen molar-refractivity contribution < 1.29 is 0 Å². The van der Waals surface area contributed by atoms with E-state index in [-0.39, 0.29) is 0 Å². The van der Waals surface area contributed by atoms with Gasteiger partial charge in [-0.2, -0.15) is 5.10 Å². The number of aromatic nitrogens is 2. The highest BCUT2D eigenvalue weighted by atomic mass is 15.2. The van der Waals surface area contributed by atoms with Gasteiger partial charge in [-0.1, -0.05) is 0 Å². The summed E-state index contributed by atoms with van der Waals surface area (Å²) >= 11 is 0. The number of rotatable bonds is 0. The first-order valence-corrected chi connectivity index (χ1v) is 1.44. The third-order valence-corrected chi connectivity index (χ3v) is 0.406. The summed E-state index contributed by atoms with van der Waals surface area (Å²) in [5, 5.41) is 6.21. The average molecular weight is 70.1 g/mol. The van der Waals surface area contributed by atoms with Crippen LogP contribution in [0.1, 0.15) is 0 Å². The predicted octanol–water partition coefficient (Wildman–Crippen LogP) is 0.410. The van der Waals surface area contributed by atoms with Crippen LogP contribution in [0, 0.1) is 0 Å². The van der Waals surface area contributed by atoms with Crippen molar-refractivity contribution in [1.82, 2.24) is 10.2 Å². The minimum absolute atomic E-state index is 1.69. The van der Waals surface area contributed by atoms with Crippen LogP contribution < -0.4 is 0 Å². The third kappa shape index (κ3) is 0.265. The van der Waals surface area contributed by atoms with Gasteiger partial charge in [0, 0.05) is 12.4 Å². The van der Waals surface area contributed by atoms with Gasteiger partial charge in [-0.05, 0) is 6.07 Å². The SMILES string of the molecule is c1[13cH]n[nH][13cH]1. The molecule has 0 bridgehead atoms. The van der Waals surface area contributed by atoms with E-state index in [4.69, 9.17) is 0 Å². The number of hydrogen-bond donors (Lipinski definition) is 1. The minimum Gasteiger partial charge on any atom is -0.286 e. The van der Waals surface area contributed by atoms with Crippen molar-refractivity contribution in [3.8, 4) is 0 Å². The van der Waals surface area contributed by atoms with E-state index in [1.54, 1.807) is 12.4 Å². The summed E-state index contributed by atoms with van der Waals surface area (Å²) in [5.74, 6) is 0. The molecule has 0 aliphatic rings. The molecule has 1 rings (SSSR count). The highest BCUT2D eigenvalue weighted by molar-refractivity contribution is 4.72. The Balaban J connectivity index is 3.13. The van der Waals surface area contributed by atoms with E-state index in [2.05, 4.69) is 10.2 Å². The van der Waals surface area contributed by atoms with Gasteiger partial charge in [0.25, 0.3) is 0 Å². The average Bonchev–Trinajstić information content (AvgIpc) is 1.76. The van der Waals surface area contributed by atoms with E-state index in [1.807, 2.05) is 6.07 Å². The lowest BCUT2D eigenvalue weighted by molar-refractivity contribution is 1.09. The Morgan fingerprint density at radius 1 is 1.60 bits per heavy atom. The molecule has 1 heterocycles. The number of nitrogens with zero attached hydrogens (tertiary/aromatic N) is 1. The van der Waals surface area contributed by atoms with Crippen molar-refractivity contribution in [2.45, 2.75) is 0 Å². The molecule has 2 nitrogen and oxygen atoms in total. The van der Waals surface area contributed by atoms with Gasteiger partial charge in [-0.15, -0.1) is 0 Å². The van der Waals surface area contributed by atoms with Gasteiger partial charge in [0.2, 0.25) is 0 Å². The molecule has 0 amide bonds. The fourth-order valence-corrected chi connectivity index (χ4v) is 0.215. The predicted molar refractivity (Wildman–Crippen MR) is 18.6 cm³/mol. The summed E-state index contributed by atoms with van der Waals surface area (Å²) in [6.07, 6.45) is 3.46. The Labute approximate surface area is 29.8 Å². The monoisotopic (exact) mass is 70.0 g/mol. The fourth-order valence-electron chi connectivity index (χ4n) is 0.215. The Morgan fingerprint density at radius 3 is 2.80 bits per heavy atom. The first-order chi connectivity index (χ1) is 2.50. The van der Waals surface area contributed by atoms with Crippen molar-refractivity contribution >= 4 is 0 Å². The lowest BCUT2D eigenvalue weighted by Crippen LogP contribution is -1.53. The van der Waals surface area contributed by atoms with E-state index >= 15 is 0 Å². The summed E-state index contributed by atoms with van der Waals surface area (Å²) in [7, 11) is 0. The third-order valence-electron chi connectivity index (χ3n) is 0.406. The first kappa shape index (κ1) is 2.45. The molecule has 26 valence electrons. The van der Waals surface area contributed by atoms with Gasteiger partial charge in [-0.25, -0.2) is 0 Å². The molecule has 2 heteroatoms.